The molecular weight excluding hydrogens is 1020 g/mol. The molecule has 1 aliphatic rings. The van der Waals surface area contributed by atoms with Crippen LogP contribution in [0.5, 0.6) is 0 Å². The van der Waals surface area contributed by atoms with E-state index < -0.39 is 67.3 Å². The summed E-state index contributed by atoms with van der Waals surface area (Å²) in [6.45, 7) is 5.73. The monoisotopic (exact) mass is 1130 g/mol. The summed E-state index contributed by atoms with van der Waals surface area (Å²) in [4.78, 5) is 51.3. The van der Waals surface area contributed by atoms with Gasteiger partial charge in [0.1, 0.15) is 18.8 Å². The fourth-order valence-electron chi connectivity index (χ4n) is 8.99. The molecule has 460 valence electrons. The molecule has 1 saturated heterocycles. The quantitative estimate of drug-likeness (QED) is 0.0228. The second-order valence-corrected chi connectivity index (χ2v) is 21.3. The number of carbonyl (C=O) groups excluding carboxylic acids is 3. The van der Waals surface area contributed by atoms with Gasteiger partial charge in [0.25, 0.3) is 0 Å². The van der Waals surface area contributed by atoms with Gasteiger partial charge >= 0.3 is 23.9 Å². The first-order chi connectivity index (χ1) is 39.6. The normalized spacial score (nSPS) is 18.5. The van der Waals surface area contributed by atoms with E-state index in [-0.39, 0.29) is 25.9 Å². The van der Waals surface area contributed by atoms with E-state index in [4.69, 9.17) is 23.7 Å². The van der Waals surface area contributed by atoms with Crippen LogP contribution in [0.4, 0.5) is 0 Å². The lowest BCUT2D eigenvalue weighted by atomic mass is 9.98. The third kappa shape index (κ3) is 45.6. The maximum atomic E-state index is 13.2. The number of esters is 3. The summed E-state index contributed by atoms with van der Waals surface area (Å²) in [5.41, 5.74) is 0. The van der Waals surface area contributed by atoms with Crippen LogP contribution in [0.3, 0.4) is 0 Å². The number of unbranched alkanes of at least 4 members (excludes halogenated alkanes) is 21. The molecule has 1 aliphatic heterocycles. The standard InChI is InChI=1S/C69H112O12/c1-4-7-10-13-16-19-22-25-28-30-31-33-35-37-40-43-46-49-52-55-61(70)77-58-60(79-62(71)56-53-50-47-44-41-38-34-27-24-21-18-15-12-9-6-3)59-78-69-67(65(74)64(73)66(81-69)68(75)76)80-63(72)57-54-51-48-45-42-39-36-32-29-26-23-20-17-14-11-8-5-2/h8-9,11-12,17-18,20-21,25-29,34,36,39,41,44,60,64-67,69,73-74H,4-7,10,13-16,19,22-24,30-33,35,37-38,40,42-43,45-59H2,1-3H3,(H,75,76)/b11-8-,12-9-,20-17-,21-18-,28-25-,29-26-,34-27-,39-36-,44-41-. The Balaban J connectivity index is 2.70. The van der Waals surface area contributed by atoms with E-state index >= 15 is 0 Å². The minimum absolute atomic E-state index is 0.0223. The van der Waals surface area contributed by atoms with Gasteiger partial charge in [-0.2, -0.15) is 0 Å². The first kappa shape index (κ1) is 74.4. The number of aliphatic hydroxyl groups excluding tert-OH is 2. The minimum atomic E-state index is -1.92. The Bertz CT molecular complexity index is 1820. The molecule has 0 saturated carbocycles. The largest absolute Gasteiger partial charge is 0.479 e. The molecule has 1 heterocycles. The van der Waals surface area contributed by atoms with Crippen molar-refractivity contribution in [2.75, 3.05) is 13.2 Å². The Hall–Kier alpha value is -4.62. The van der Waals surface area contributed by atoms with Crippen LogP contribution in [-0.2, 0) is 42.9 Å². The van der Waals surface area contributed by atoms with E-state index in [2.05, 4.69) is 130 Å². The van der Waals surface area contributed by atoms with Crippen molar-refractivity contribution < 1.29 is 58.2 Å². The summed E-state index contributed by atoms with van der Waals surface area (Å²) in [7, 11) is 0. The van der Waals surface area contributed by atoms with Crippen LogP contribution in [0.15, 0.2) is 109 Å². The number of carboxylic acids is 1. The SMILES string of the molecule is CC/C=C\C/C=C\C/C=C\C/C=C\CCCCCCC(=O)OC1C(OCC(COC(=O)CCCCCCCCCCC/C=C\CCCCCCCC)OC(=O)CCCC/C=C\C/C=C\C/C=C\C/C=C\CC)OC(C(=O)O)C(O)C1O. The van der Waals surface area contributed by atoms with Crippen LogP contribution < -0.4 is 0 Å². The van der Waals surface area contributed by atoms with Crippen molar-refractivity contribution in [3.63, 3.8) is 0 Å². The number of aliphatic hydroxyl groups is 2. The van der Waals surface area contributed by atoms with E-state index in [0.717, 1.165) is 109 Å². The zero-order valence-corrected chi connectivity index (χ0v) is 50.7. The van der Waals surface area contributed by atoms with Gasteiger partial charge in [-0.05, 0) is 122 Å². The first-order valence-electron chi connectivity index (χ1n) is 31.9. The topological polar surface area (TPSA) is 175 Å². The van der Waals surface area contributed by atoms with Crippen molar-refractivity contribution in [1.82, 2.24) is 0 Å². The maximum absolute atomic E-state index is 13.2. The number of ether oxygens (including phenoxy) is 5. The molecule has 0 spiro atoms. The van der Waals surface area contributed by atoms with Gasteiger partial charge in [0, 0.05) is 19.3 Å². The molecule has 0 aromatic rings. The highest BCUT2D eigenvalue weighted by atomic mass is 16.7. The number of carboxylic acid groups (broad SMARTS) is 1. The molecule has 0 aromatic carbocycles. The van der Waals surface area contributed by atoms with E-state index in [1.54, 1.807) is 0 Å². The number of allylic oxidation sites excluding steroid dienone is 18. The summed E-state index contributed by atoms with van der Waals surface area (Å²) >= 11 is 0. The molecule has 6 unspecified atom stereocenters. The lowest BCUT2D eigenvalue weighted by molar-refractivity contribution is -0.301. The first-order valence-corrected chi connectivity index (χ1v) is 31.9. The predicted octanol–water partition coefficient (Wildman–Crippen LogP) is 17.0. The predicted molar refractivity (Wildman–Crippen MR) is 330 cm³/mol. The smallest absolute Gasteiger partial charge is 0.335 e. The summed E-state index contributed by atoms with van der Waals surface area (Å²) in [6, 6.07) is 0. The van der Waals surface area contributed by atoms with Crippen LogP contribution in [0.2, 0.25) is 0 Å². The molecule has 3 N–H and O–H groups in total. The van der Waals surface area contributed by atoms with Crippen molar-refractivity contribution >= 4 is 23.9 Å². The lowest BCUT2D eigenvalue weighted by Gasteiger charge is -2.40. The molecule has 0 bridgehead atoms. The molecule has 0 aromatic heterocycles. The van der Waals surface area contributed by atoms with Crippen molar-refractivity contribution in [1.29, 1.82) is 0 Å². The highest BCUT2D eigenvalue weighted by molar-refractivity contribution is 5.74. The molecule has 0 radical (unpaired) electrons. The van der Waals surface area contributed by atoms with Gasteiger partial charge in [0.05, 0.1) is 6.61 Å². The molecular formula is C69H112O12. The van der Waals surface area contributed by atoms with Crippen LogP contribution in [0.25, 0.3) is 0 Å². The second kappa shape index (κ2) is 55.9. The van der Waals surface area contributed by atoms with Crippen molar-refractivity contribution in [3.8, 4) is 0 Å². The third-order valence-electron chi connectivity index (χ3n) is 13.8. The van der Waals surface area contributed by atoms with Crippen LogP contribution >= 0.6 is 0 Å². The zero-order valence-electron chi connectivity index (χ0n) is 50.7. The summed E-state index contributed by atoms with van der Waals surface area (Å²) < 4.78 is 28.4. The Morgan fingerprint density at radius 3 is 1.22 bits per heavy atom. The molecule has 1 fully saturated rings. The summed E-state index contributed by atoms with van der Waals surface area (Å²) in [5.74, 6) is -3.22. The van der Waals surface area contributed by atoms with Gasteiger partial charge in [-0.3, -0.25) is 14.4 Å². The van der Waals surface area contributed by atoms with Gasteiger partial charge in [-0.25, -0.2) is 4.79 Å². The zero-order chi connectivity index (χ0) is 58.9. The fourth-order valence-corrected chi connectivity index (χ4v) is 8.99. The Labute approximate surface area is 491 Å². The highest BCUT2D eigenvalue weighted by Gasteiger charge is 2.50. The van der Waals surface area contributed by atoms with Crippen LogP contribution in [0.1, 0.15) is 252 Å². The van der Waals surface area contributed by atoms with Crippen molar-refractivity contribution in [2.45, 2.75) is 289 Å². The second-order valence-electron chi connectivity index (χ2n) is 21.3. The number of hydrogen-bond acceptors (Lipinski definition) is 11. The Kier molecular flexibility index (Phi) is 51.3. The van der Waals surface area contributed by atoms with Crippen LogP contribution in [0, 0.1) is 0 Å². The fraction of sp³-hybridized carbons (Fsp3) is 0.681. The number of hydrogen-bond donors (Lipinski definition) is 3. The molecule has 0 aliphatic carbocycles. The van der Waals surface area contributed by atoms with E-state index in [0.29, 0.717) is 19.3 Å². The highest BCUT2D eigenvalue weighted by Crippen LogP contribution is 2.26. The molecule has 81 heavy (non-hydrogen) atoms. The van der Waals surface area contributed by atoms with Gasteiger partial charge in [0.15, 0.2) is 24.6 Å². The van der Waals surface area contributed by atoms with Crippen LogP contribution in [-0.4, -0.2) is 89.2 Å². The number of carbonyl (C=O) groups is 4. The van der Waals surface area contributed by atoms with Gasteiger partial charge in [-0.15, -0.1) is 0 Å². The summed E-state index contributed by atoms with van der Waals surface area (Å²) in [6.07, 6.45) is 63.4. The van der Waals surface area contributed by atoms with Crippen molar-refractivity contribution in [3.05, 3.63) is 109 Å². The van der Waals surface area contributed by atoms with Crippen molar-refractivity contribution in [2.24, 2.45) is 0 Å². The van der Waals surface area contributed by atoms with Gasteiger partial charge in [0.2, 0.25) is 0 Å². The number of rotatable bonds is 53. The van der Waals surface area contributed by atoms with Gasteiger partial charge < -0.3 is 39.0 Å². The summed E-state index contributed by atoms with van der Waals surface area (Å²) in [5, 5.41) is 31.6. The lowest BCUT2D eigenvalue weighted by Crippen LogP contribution is -2.61. The molecule has 6 atom stereocenters. The third-order valence-corrected chi connectivity index (χ3v) is 13.8. The molecule has 0 amide bonds. The Morgan fingerprint density at radius 1 is 0.420 bits per heavy atom. The average Bonchev–Trinajstić information content (AvgIpc) is 3.53. The molecule has 12 nitrogen and oxygen atoms in total. The van der Waals surface area contributed by atoms with E-state index in [9.17, 15) is 34.5 Å². The average molecular weight is 1130 g/mol. The minimum Gasteiger partial charge on any atom is -0.479 e. The van der Waals surface area contributed by atoms with E-state index in [1.165, 1.54) is 83.5 Å². The Morgan fingerprint density at radius 2 is 0.778 bits per heavy atom. The molecule has 1 rings (SSSR count). The van der Waals surface area contributed by atoms with Gasteiger partial charge in [-0.1, -0.05) is 220 Å². The van der Waals surface area contributed by atoms with E-state index in [1.807, 2.05) is 0 Å². The molecule has 12 heteroatoms. The maximum Gasteiger partial charge on any atom is 0.335 e. The number of aliphatic carboxylic acids is 1.